The second kappa shape index (κ2) is 8.58. The van der Waals surface area contributed by atoms with Gasteiger partial charge in [0.15, 0.2) is 5.76 Å². The molecule has 2 heterocycles. The van der Waals surface area contributed by atoms with Crippen LogP contribution in [0.5, 0.6) is 0 Å². The van der Waals surface area contributed by atoms with Crippen LogP contribution in [0.15, 0.2) is 50.4 Å². The average molecular weight is 455 g/mol. The number of furan rings is 1. The number of halogens is 1. The van der Waals surface area contributed by atoms with Gasteiger partial charge >= 0.3 is 0 Å². The van der Waals surface area contributed by atoms with Crippen LogP contribution in [0.1, 0.15) is 54.8 Å². The number of amides is 1. The maximum atomic E-state index is 12.7. The Balaban J connectivity index is 1.73. The highest BCUT2D eigenvalue weighted by Crippen LogP contribution is 2.24. The number of hydrogen-bond acceptors (Lipinski definition) is 4. The first-order valence-electron chi connectivity index (χ1n) is 9.08. The van der Waals surface area contributed by atoms with Gasteiger partial charge in [0.05, 0.1) is 6.04 Å². The number of nitrogens with one attached hydrogen (secondary N) is 1. The summed E-state index contributed by atoms with van der Waals surface area (Å²) in [6.45, 7) is 2.96. The van der Waals surface area contributed by atoms with Crippen LogP contribution in [0.3, 0.4) is 0 Å². The van der Waals surface area contributed by atoms with Crippen LogP contribution < -0.4 is 5.32 Å². The monoisotopic (exact) mass is 454 g/mol. The predicted octanol–water partition coefficient (Wildman–Crippen LogP) is 4.10. The van der Waals surface area contributed by atoms with Crippen molar-refractivity contribution in [1.82, 2.24) is 9.62 Å². The molecular weight excluding hydrogens is 432 g/mol. The maximum absolute atomic E-state index is 12.7. The molecule has 6 nitrogen and oxygen atoms in total. The maximum Gasteiger partial charge on any atom is 0.287 e. The van der Waals surface area contributed by atoms with Gasteiger partial charge in [-0.2, -0.15) is 4.31 Å². The highest BCUT2D eigenvalue weighted by molar-refractivity contribution is 9.10. The summed E-state index contributed by atoms with van der Waals surface area (Å²) in [7, 11) is -3.68. The molecule has 0 radical (unpaired) electrons. The standard InChI is InChI=1S/C19H23BrN2O4S/c1-2-16(14-6-8-15(20)9-7-14)21-19(23)17-10-11-18(26-17)27(24,25)22-12-4-3-5-13-22/h6-11,16H,2-5,12-13H2,1H3,(H,21,23). The number of nitrogens with zero attached hydrogens (tertiary/aromatic N) is 1. The van der Waals surface area contributed by atoms with Crippen molar-refractivity contribution < 1.29 is 17.6 Å². The second-order valence-corrected chi connectivity index (χ2v) is 9.35. The van der Waals surface area contributed by atoms with Crippen molar-refractivity contribution in [2.45, 2.75) is 43.7 Å². The third-order valence-corrected chi connectivity index (χ3v) is 7.00. The summed E-state index contributed by atoms with van der Waals surface area (Å²) >= 11 is 3.39. The minimum absolute atomic E-state index is 0.00106. The molecule has 1 aromatic carbocycles. The summed E-state index contributed by atoms with van der Waals surface area (Å²) in [5, 5.41) is 2.73. The quantitative estimate of drug-likeness (QED) is 0.712. The number of benzene rings is 1. The Labute approximate surface area is 168 Å². The van der Waals surface area contributed by atoms with Gasteiger partial charge in [-0.1, -0.05) is 41.4 Å². The summed E-state index contributed by atoms with van der Waals surface area (Å²) < 4.78 is 33.1. The van der Waals surface area contributed by atoms with E-state index in [-0.39, 0.29) is 16.9 Å². The fourth-order valence-electron chi connectivity index (χ4n) is 3.16. The molecule has 1 fully saturated rings. The first-order chi connectivity index (χ1) is 12.9. The molecule has 0 saturated carbocycles. The summed E-state index contributed by atoms with van der Waals surface area (Å²) in [6.07, 6.45) is 3.43. The van der Waals surface area contributed by atoms with Gasteiger partial charge in [0, 0.05) is 17.6 Å². The number of piperidine rings is 1. The Hall–Kier alpha value is -1.64. The molecule has 1 aliphatic heterocycles. The van der Waals surface area contributed by atoms with E-state index < -0.39 is 15.9 Å². The largest absolute Gasteiger partial charge is 0.438 e. The van der Waals surface area contributed by atoms with Crippen LogP contribution in [0.25, 0.3) is 0 Å². The SMILES string of the molecule is CCC(NC(=O)c1ccc(S(=O)(=O)N2CCCCC2)o1)c1ccc(Br)cc1. The minimum Gasteiger partial charge on any atom is -0.438 e. The van der Waals surface area contributed by atoms with Gasteiger partial charge in [-0.25, -0.2) is 8.42 Å². The van der Waals surface area contributed by atoms with Crippen molar-refractivity contribution in [3.63, 3.8) is 0 Å². The van der Waals surface area contributed by atoms with Gasteiger partial charge in [0.25, 0.3) is 15.9 Å². The third-order valence-electron chi connectivity index (χ3n) is 4.70. The molecule has 1 aliphatic rings. The zero-order valence-electron chi connectivity index (χ0n) is 15.2. The first kappa shape index (κ1) is 20.1. The predicted molar refractivity (Wildman–Crippen MR) is 106 cm³/mol. The van der Waals surface area contributed by atoms with Crippen LogP contribution >= 0.6 is 15.9 Å². The zero-order chi connectivity index (χ0) is 19.4. The molecule has 0 aliphatic carbocycles. The van der Waals surface area contributed by atoms with Gasteiger partial charge in [-0.15, -0.1) is 0 Å². The van der Waals surface area contributed by atoms with Gasteiger partial charge in [-0.05, 0) is 49.1 Å². The van der Waals surface area contributed by atoms with Crippen molar-refractivity contribution in [3.8, 4) is 0 Å². The highest BCUT2D eigenvalue weighted by Gasteiger charge is 2.30. The van der Waals surface area contributed by atoms with E-state index in [2.05, 4.69) is 21.2 Å². The summed E-state index contributed by atoms with van der Waals surface area (Å²) in [5.74, 6) is -0.425. The molecule has 0 spiro atoms. The third kappa shape index (κ3) is 4.62. The van der Waals surface area contributed by atoms with Gasteiger partial charge in [-0.3, -0.25) is 4.79 Å². The lowest BCUT2D eigenvalue weighted by Gasteiger charge is -2.24. The van der Waals surface area contributed by atoms with Crippen molar-refractivity contribution in [1.29, 1.82) is 0 Å². The van der Waals surface area contributed by atoms with E-state index in [0.717, 1.165) is 29.3 Å². The fourth-order valence-corrected chi connectivity index (χ4v) is 4.85. The zero-order valence-corrected chi connectivity index (χ0v) is 17.6. The van der Waals surface area contributed by atoms with E-state index in [4.69, 9.17) is 4.42 Å². The molecule has 1 atom stereocenters. The van der Waals surface area contributed by atoms with Gasteiger partial charge in [0.2, 0.25) is 5.09 Å². The van der Waals surface area contributed by atoms with E-state index in [1.807, 2.05) is 31.2 Å². The molecule has 1 aromatic heterocycles. The van der Waals surface area contributed by atoms with Gasteiger partial charge < -0.3 is 9.73 Å². The molecule has 27 heavy (non-hydrogen) atoms. The molecule has 3 rings (SSSR count). The van der Waals surface area contributed by atoms with Crippen LogP contribution in [0, 0.1) is 0 Å². The van der Waals surface area contributed by atoms with Crippen molar-refractivity contribution in [3.05, 3.63) is 52.2 Å². The molecule has 0 bridgehead atoms. The summed E-state index contributed by atoms with van der Waals surface area (Å²) in [5.41, 5.74) is 0.974. The first-order valence-corrected chi connectivity index (χ1v) is 11.3. The fraction of sp³-hybridized carbons (Fsp3) is 0.421. The number of carbonyl (C=O) groups excluding carboxylic acids is 1. The molecule has 1 saturated heterocycles. The van der Waals surface area contributed by atoms with Crippen LogP contribution in [-0.2, 0) is 10.0 Å². The molecular formula is C19H23BrN2O4S. The number of rotatable bonds is 6. The Morgan fingerprint density at radius 2 is 1.81 bits per heavy atom. The highest BCUT2D eigenvalue weighted by atomic mass is 79.9. The van der Waals surface area contributed by atoms with Crippen molar-refractivity contribution in [2.75, 3.05) is 13.1 Å². The Bertz CT molecular complexity index is 887. The van der Waals surface area contributed by atoms with Crippen LogP contribution in [0.4, 0.5) is 0 Å². The van der Waals surface area contributed by atoms with E-state index in [0.29, 0.717) is 19.5 Å². The minimum atomic E-state index is -3.68. The lowest BCUT2D eigenvalue weighted by Crippen LogP contribution is -2.35. The second-order valence-electron chi connectivity index (χ2n) is 6.57. The van der Waals surface area contributed by atoms with Crippen LogP contribution in [0.2, 0.25) is 0 Å². The number of hydrogen-bond donors (Lipinski definition) is 1. The smallest absolute Gasteiger partial charge is 0.287 e. The Morgan fingerprint density at radius 1 is 1.15 bits per heavy atom. The lowest BCUT2D eigenvalue weighted by molar-refractivity contribution is 0.0902. The molecule has 8 heteroatoms. The summed E-state index contributed by atoms with van der Waals surface area (Å²) in [4.78, 5) is 12.5. The molecule has 1 unspecified atom stereocenters. The van der Waals surface area contributed by atoms with E-state index in [1.165, 1.54) is 16.4 Å². The van der Waals surface area contributed by atoms with Crippen molar-refractivity contribution in [2.24, 2.45) is 0 Å². The molecule has 1 amide bonds. The molecule has 2 aromatic rings. The Kier molecular flexibility index (Phi) is 6.39. The van der Waals surface area contributed by atoms with Gasteiger partial charge in [0.1, 0.15) is 0 Å². The molecule has 146 valence electrons. The lowest BCUT2D eigenvalue weighted by atomic mass is 10.0. The normalized spacial score (nSPS) is 16.8. The molecule has 1 N–H and O–H groups in total. The Morgan fingerprint density at radius 3 is 2.44 bits per heavy atom. The number of sulfonamides is 1. The van der Waals surface area contributed by atoms with E-state index >= 15 is 0 Å². The summed E-state index contributed by atoms with van der Waals surface area (Å²) in [6, 6.07) is 10.3. The number of carbonyl (C=O) groups is 1. The van der Waals surface area contributed by atoms with E-state index in [1.54, 1.807) is 0 Å². The topological polar surface area (TPSA) is 79.6 Å². The average Bonchev–Trinajstić information content (AvgIpc) is 3.19. The van der Waals surface area contributed by atoms with Crippen LogP contribution in [-0.4, -0.2) is 31.7 Å². The van der Waals surface area contributed by atoms with Crippen molar-refractivity contribution >= 4 is 31.9 Å². The van der Waals surface area contributed by atoms with E-state index in [9.17, 15) is 13.2 Å².